The number of nitrogens with two attached hydrogens (primary N) is 1. The number of benzene rings is 1. The van der Waals surface area contributed by atoms with Gasteiger partial charge in [-0.15, -0.1) is 17.5 Å². The Labute approximate surface area is 151 Å². The summed E-state index contributed by atoms with van der Waals surface area (Å²) in [7, 11) is 0. The van der Waals surface area contributed by atoms with Crippen LogP contribution in [0.25, 0.3) is 5.69 Å². The monoisotopic (exact) mass is 368 g/mol. The van der Waals surface area contributed by atoms with Gasteiger partial charge in [0.15, 0.2) is 5.69 Å². The van der Waals surface area contributed by atoms with E-state index in [4.69, 9.17) is 5.73 Å². The molecular weight excluding hydrogens is 348 g/mol. The van der Waals surface area contributed by atoms with Crippen LogP contribution in [-0.4, -0.2) is 38.4 Å². The summed E-state index contributed by atoms with van der Waals surface area (Å²) in [5, 5.41) is 21.3. The lowest BCUT2D eigenvalue weighted by Crippen LogP contribution is -2.41. The van der Waals surface area contributed by atoms with Gasteiger partial charge in [-0.3, -0.25) is 14.9 Å². The third kappa shape index (κ3) is 5.50. The zero-order chi connectivity index (χ0) is 17.7. The van der Waals surface area contributed by atoms with Gasteiger partial charge in [-0.1, -0.05) is 25.1 Å². The highest BCUT2D eigenvalue weighted by molar-refractivity contribution is 5.92. The maximum Gasteiger partial charge on any atom is 0.273 e. The van der Waals surface area contributed by atoms with Crippen LogP contribution in [0.3, 0.4) is 0 Å². The van der Waals surface area contributed by atoms with Crippen LogP contribution in [0, 0.1) is 16.0 Å². The lowest BCUT2D eigenvalue weighted by Gasteiger charge is -2.17. The van der Waals surface area contributed by atoms with Gasteiger partial charge in [0.2, 0.25) is 0 Å². The molecule has 1 aromatic heterocycles. The molecule has 0 aliphatic carbocycles. The standard InChI is InChI=1S/C15H20N6O3.ClH/c1-10(2)6-11(8-16)17-15(22)14-9-20(19-18-14)12-4-3-5-13(7-12)21(23)24;/h3-5,7,9-11H,6,8,16H2,1-2H3,(H,17,22);1H. The number of non-ortho nitro benzene ring substituents is 1. The van der Waals surface area contributed by atoms with Gasteiger partial charge in [-0.25, -0.2) is 4.68 Å². The Kier molecular flexibility index (Phi) is 7.46. The van der Waals surface area contributed by atoms with Gasteiger partial charge in [0.1, 0.15) is 0 Å². The fourth-order valence-electron chi connectivity index (χ4n) is 2.29. The average Bonchev–Trinajstić information content (AvgIpc) is 3.04. The fourth-order valence-corrected chi connectivity index (χ4v) is 2.29. The maximum absolute atomic E-state index is 12.2. The van der Waals surface area contributed by atoms with Crippen LogP contribution in [0.1, 0.15) is 30.8 Å². The van der Waals surface area contributed by atoms with Crippen LogP contribution in [0.2, 0.25) is 0 Å². The number of nitrogens with zero attached hydrogens (tertiary/aromatic N) is 4. The van der Waals surface area contributed by atoms with Crippen molar-refractivity contribution in [1.82, 2.24) is 20.3 Å². The van der Waals surface area contributed by atoms with E-state index >= 15 is 0 Å². The minimum absolute atomic E-state index is 0. The average molecular weight is 369 g/mol. The molecule has 1 heterocycles. The Morgan fingerprint density at radius 2 is 2.16 bits per heavy atom. The van der Waals surface area contributed by atoms with E-state index in [9.17, 15) is 14.9 Å². The van der Waals surface area contributed by atoms with Crippen LogP contribution < -0.4 is 11.1 Å². The van der Waals surface area contributed by atoms with Crippen molar-refractivity contribution in [2.24, 2.45) is 11.7 Å². The topological polar surface area (TPSA) is 129 Å². The Hall–Kier alpha value is -2.52. The molecule has 2 aromatic rings. The molecule has 10 heteroatoms. The van der Waals surface area contributed by atoms with E-state index in [0.717, 1.165) is 6.42 Å². The highest BCUT2D eigenvalue weighted by atomic mass is 35.5. The van der Waals surface area contributed by atoms with E-state index in [2.05, 4.69) is 15.6 Å². The molecule has 1 atom stereocenters. The molecule has 3 N–H and O–H groups in total. The molecule has 0 aliphatic heterocycles. The van der Waals surface area contributed by atoms with Crippen molar-refractivity contribution >= 4 is 24.0 Å². The van der Waals surface area contributed by atoms with Crippen molar-refractivity contribution < 1.29 is 9.72 Å². The quantitative estimate of drug-likeness (QED) is 0.565. The number of hydrogen-bond donors (Lipinski definition) is 2. The van der Waals surface area contributed by atoms with Crippen molar-refractivity contribution in [3.8, 4) is 5.69 Å². The van der Waals surface area contributed by atoms with Crippen molar-refractivity contribution in [3.63, 3.8) is 0 Å². The van der Waals surface area contributed by atoms with Crippen molar-refractivity contribution in [1.29, 1.82) is 0 Å². The SMILES string of the molecule is CC(C)CC(CN)NC(=O)c1cn(-c2cccc([N+](=O)[O-])c2)nn1.Cl. The summed E-state index contributed by atoms with van der Waals surface area (Å²) in [5.74, 6) is 0.0298. The number of carbonyl (C=O) groups excluding carboxylic acids is 1. The Morgan fingerprint density at radius 3 is 2.76 bits per heavy atom. The minimum atomic E-state index is -0.494. The normalized spacial score (nSPS) is 11.7. The highest BCUT2D eigenvalue weighted by Crippen LogP contribution is 2.16. The molecule has 136 valence electrons. The van der Waals surface area contributed by atoms with Gasteiger partial charge in [0.05, 0.1) is 16.8 Å². The molecule has 1 aromatic carbocycles. The molecule has 0 saturated heterocycles. The summed E-state index contributed by atoms with van der Waals surface area (Å²) >= 11 is 0. The second-order valence-corrected chi connectivity index (χ2v) is 5.86. The highest BCUT2D eigenvalue weighted by Gasteiger charge is 2.17. The van der Waals surface area contributed by atoms with Crippen molar-refractivity contribution in [3.05, 3.63) is 46.3 Å². The molecule has 1 unspecified atom stereocenters. The number of nitro groups is 1. The minimum Gasteiger partial charge on any atom is -0.347 e. The van der Waals surface area contributed by atoms with Gasteiger partial charge in [0.25, 0.3) is 11.6 Å². The molecule has 0 saturated carbocycles. The third-order valence-electron chi connectivity index (χ3n) is 3.41. The van der Waals surface area contributed by atoms with E-state index in [-0.39, 0.29) is 35.7 Å². The molecular formula is C15H21ClN6O3. The zero-order valence-corrected chi connectivity index (χ0v) is 14.8. The van der Waals surface area contributed by atoms with Crippen LogP contribution in [0.15, 0.2) is 30.5 Å². The maximum atomic E-state index is 12.2. The third-order valence-corrected chi connectivity index (χ3v) is 3.41. The van der Waals surface area contributed by atoms with Crippen LogP contribution in [0.5, 0.6) is 0 Å². The molecule has 0 spiro atoms. The number of halogens is 1. The zero-order valence-electron chi connectivity index (χ0n) is 14.0. The van der Waals surface area contributed by atoms with Gasteiger partial charge >= 0.3 is 0 Å². The molecule has 0 bridgehead atoms. The van der Waals surface area contributed by atoms with Crippen molar-refractivity contribution in [2.45, 2.75) is 26.3 Å². The summed E-state index contributed by atoms with van der Waals surface area (Å²) < 4.78 is 1.32. The number of amides is 1. The molecule has 25 heavy (non-hydrogen) atoms. The molecule has 2 rings (SSSR count). The second kappa shape index (κ2) is 9.09. The van der Waals surface area contributed by atoms with Gasteiger partial charge in [-0.2, -0.15) is 0 Å². The summed E-state index contributed by atoms with van der Waals surface area (Å²) in [5.41, 5.74) is 6.19. The molecule has 0 aliphatic rings. The second-order valence-electron chi connectivity index (χ2n) is 5.86. The van der Waals surface area contributed by atoms with E-state index < -0.39 is 4.92 Å². The molecule has 0 radical (unpaired) electrons. The first-order valence-electron chi connectivity index (χ1n) is 7.58. The largest absolute Gasteiger partial charge is 0.347 e. The summed E-state index contributed by atoms with van der Waals surface area (Å²) in [4.78, 5) is 22.6. The van der Waals surface area contributed by atoms with E-state index in [1.54, 1.807) is 12.1 Å². The lowest BCUT2D eigenvalue weighted by molar-refractivity contribution is -0.384. The predicted octanol–water partition coefficient (Wildman–Crippen LogP) is 1.70. The summed E-state index contributed by atoms with van der Waals surface area (Å²) in [6.07, 6.45) is 2.19. The Balaban J connectivity index is 0.00000312. The number of hydrogen-bond acceptors (Lipinski definition) is 6. The Bertz CT molecular complexity index is 734. The first kappa shape index (κ1) is 20.5. The number of nitro benzene ring substituents is 1. The lowest BCUT2D eigenvalue weighted by atomic mass is 10.0. The Morgan fingerprint density at radius 1 is 1.44 bits per heavy atom. The number of carbonyl (C=O) groups is 1. The first-order valence-corrected chi connectivity index (χ1v) is 7.58. The van der Waals surface area contributed by atoms with Crippen LogP contribution in [0.4, 0.5) is 5.69 Å². The van der Waals surface area contributed by atoms with E-state index in [1.165, 1.54) is 23.0 Å². The first-order chi connectivity index (χ1) is 11.4. The predicted molar refractivity (Wildman–Crippen MR) is 95.0 cm³/mol. The van der Waals surface area contributed by atoms with Crippen LogP contribution in [-0.2, 0) is 0 Å². The fraction of sp³-hybridized carbons (Fsp3) is 0.400. The molecule has 0 fully saturated rings. The molecule has 9 nitrogen and oxygen atoms in total. The van der Waals surface area contributed by atoms with Crippen LogP contribution >= 0.6 is 12.4 Å². The van der Waals surface area contributed by atoms with Gasteiger partial charge < -0.3 is 11.1 Å². The van der Waals surface area contributed by atoms with E-state index in [0.29, 0.717) is 18.2 Å². The van der Waals surface area contributed by atoms with E-state index in [1.807, 2.05) is 13.8 Å². The van der Waals surface area contributed by atoms with Crippen molar-refractivity contribution in [2.75, 3.05) is 6.54 Å². The smallest absolute Gasteiger partial charge is 0.273 e. The van der Waals surface area contributed by atoms with Gasteiger partial charge in [-0.05, 0) is 18.4 Å². The number of rotatable bonds is 7. The summed E-state index contributed by atoms with van der Waals surface area (Å²) in [6, 6.07) is 5.79. The number of aromatic nitrogens is 3. The number of nitrogens with one attached hydrogen (secondary N) is 1. The summed E-state index contributed by atoms with van der Waals surface area (Å²) in [6.45, 7) is 4.43. The molecule has 1 amide bonds. The van der Waals surface area contributed by atoms with Gasteiger partial charge in [0, 0.05) is 24.7 Å².